The summed E-state index contributed by atoms with van der Waals surface area (Å²) >= 11 is 0. The summed E-state index contributed by atoms with van der Waals surface area (Å²) in [5.74, 6) is -3.86. The Morgan fingerprint density at radius 1 is 0.921 bits per heavy atom. The van der Waals surface area contributed by atoms with Crippen LogP contribution in [0.2, 0.25) is 0 Å². The summed E-state index contributed by atoms with van der Waals surface area (Å²) in [4.78, 5) is 40.1. The zero-order valence-corrected chi connectivity index (χ0v) is 20.5. The van der Waals surface area contributed by atoms with Gasteiger partial charge in [-0.2, -0.15) is 0 Å². The molecule has 8 atom stereocenters. The SMILES string of the molecule is CO[C@H]1[C@H](O[C@@H]2O[C@@H](C)[C@@H](O)[C@@H](O)[C@@H]2O)c2c(cc3c(c2O)C(=O)c2c(O)cccc2C3=O)C(=O)[C@@]1(C)O. The van der Waals surface area contributed by atoms with Crippen molar-refractivity contribution >= 4 is 17.3 Å². The Morgan fingerprint density at radius 3 is 2.26 bits per heavy atom. The Labute approximate surface area is 215 Å². The fraction of sp³-hybridized carbons (Fsp3) is 0.423. The highest BCUT2D eigenvalue weighted by Gasteiger charge is 2.55. The number of fused-ring (bicyclic) bond motifs is 3. The maximum Gasteiger partial charge on any atom is 0.201 e. The van der Waals surface area contributed by atoms with Gasteiger partial charge >= 0.3 is 0 Å². The molecule has 2 aromatic carbocycles. The lowest BCUT2D eigenvalue weighted by Crippen LogP contribution is -2.60. The smallest absolute Gasteiger partial charge is 0.201 e. The molecule has 12 heteroatoms. The summed E-state index contributed by atoms with van der Waals surface area (Å²) in [6.45, 7) is 2.56. The number of hydrogen-bond donors (Lipinski definition) is 6. The number of ketones is 3. The second-order valence-corrected chi connectivity index (χ2v) is 9.84. The molecule has 0 saturated carbocycles. The van der Waals surface area contributed by atoms with Crippen LogP contribution in [0.25, 0.3) is 0 Å². The van der Waals surface area contributed by atoms with Crippen LogP contribution in [0, 0.1) is 0 Å². The fourth-order valence-electron chi connectivity index (χ4n) is 5.42. The van der Waals surface area contributed by atoms with Crippen molar-refractivity contribution in [1.29, 1.82) is 0 Å². The maximum atomic E-state index is 13.4. The van der Waals surface area contributed by atoms with Crippen molar-refractivity contribution < 1.29 is 59.2 Å². The fourth-order valence-corrected chi connectivity index (χ4v) is 5.42. The standard InChI is InChI=1S/C26H26O12/c1-8-16(28)20(32)21(33)25(37-8)38-22-15-11(23(34)26(2,35)24(22)36-3)7-10-14(19(15)31)18(30)13-9(17(10)29)5-4-6-12(13)27/h4-8,16,20-22,24-25,27-28,31-33,35H,1-3H3/t8-,16+,20+,21-,22+,24-,25-,26+/m0/s1. The molecule has 1 aliphatic heterocycles. The van der Waals surface area contributed by atoms with Gasteiger partial charge in [0.25, 0.3) is 0 Å². The highest BCUT2D eigenvalue weighted by Crippen LogP contribution is 2.49. The van der Waals surface area contributed by atoms with Crippen molar-refractivity contribution in [2.45, 2.75) is 62.4 Å². The first-order valence-corrected chi connectivity index (χ1v) is 11.8. The molecule has 12 nitrogen and oxygen atoms in total. The molecule has 0 amide bonds. The second kappa shape index (κ2) is 8.92. The van der Waals surface area contributed by atoms with Crippen LogP contribution < -0.4 is 0 Å². The third-order valence-corrected chi connectivity index (χ3v) is 7.49. The van der Waals surface area contributed by atoms with Gasteiger partial charge < -0.3 is 44.8 Å². The van der Waals surface area contributed by atoms with E-state index in [-0.39, 0.29) is 27.8 Å². The molecule has 1 saturated heterocycles. The quantitative estimate of drug-likeness (QED) is 0.259. The summed E-state index contributed by atoms with van der Waals surface area (Å²) < 4.78 is 16.8. The number of carbonyl (C=O) groups is 3. The van der Waals surface area contributed by atoms with E-state index in [1.807, 2.05) is 0 Å². The van der Waals surface area contributed by atoms with Gasteiger partial charge in [0.15, 0.2) is 23.5 Å². The number of carbonyl (C=O) groups excluding carboxylic acids is 3. The second-order valence-electron chi connectivity index (χ2n) is 9.84. The minimum Gasteiger partial charge on any atom is -0.507 e. The molecular formula is C26H26O12. The van der Waals surface area contributed by atoms with E-state index >= 15 is 0 Å². The van der Waals surface area contributed by atoms with E-state index in [0.29, 0.717) is 0 Å². The van der Waals surface area contributed by atoms with Crippen LogP contribution in [0.4, 0.5) is 0 Å². The minimum absolute atomic E-state index is 0.125. The zero-order valence-electron chi connectivity index (χ0n) is 20.5. The molecule has 3 aliphatic rings. The summed E-state index contributed by atoms with van der Waals surface area (Å²) in [6.07, 6.45) is -10.6. The van der Waals surface area contributed by atoms with E-state index in [1.54, 1.807) is 0 Å². The molecule has 5 rings (SSSR count). The molecule has 38 heavy (non-hydrogen) atoms. The first kappa shape index (κ1) is 26.4. The Bertz CT molecular complexity index is 1360. The van der Waals surface area contributed by atoms with Gasteiger partial charge in [-0.1, -0.05) is 12.1 Å². The predicted octanol–water partition coefficient (Wildman–Crippen LogP) is -0.279. The van der Waals surface area contributed by atoms with E-state index in [0.717, 1.165) is 20.1 Å². The van der Waals surface area contributed by atoms with E-state index in [9.17, 15) is 45.0 Å². The van der Waals surface area contributed by atoms with Gasteiger partial charge in [-0.3, -0.25) is 14.4 Å². The molecule has 6 N–H and O–H groups in total. The van der Waals surface area contributed by atoms with Crippen LogP contribution in [-0.2, 0) is 14.2 Å². The number of benzene rings is 2. The zero-order chi connectivity index (χ0) is 27.8. The normalized spacial score (nSPS) is 34.5. The third kappa shape index (κ3) is 3.53. The number of phenols is 2. The topological polar surface area (TPSA) is 200 Å². The van der Waals surface area contributed by atoms with Crippen LogP contribution in [0.1, 0.15) is 67.7 Å². The van der Waals surface area contributed by atoms with Gasteiger partial charge in [0.2, 0.25) is 5.78 Å². The van der Waals surface area contributed by atoms with Crippen molar-refractivity contribution in [3.63, 3.8) is 0 Å². The van der Waals surface area contributed by atoms with Gasteiger partial charge in [-0.05, 0) is 26.0 Å². The maximum absolute atomic E-state index is 13.4. The largest absolute Gasteiger partial charge is 0.507 e. The molecule has 0 aromatic heterocycles. The average Bonchev–Trinajstić information content (AvgIpc) is 2.87. The van der Waals surface area contributed by atoms with Gasteiger partial charge in [-0.25, -0.2) is 0 Å². The van der Waals surface area contributed by atoms with Crippen molar-refractivity contribution in [1.82, 2.24) is 0 Å². The van der Waals surface area contributed by atoms with Crippen LogP contribution in [0.5, 0.6) is 11.5 Å². The van der Waals surface area contributed by atoms with Crippen molar-refractivity contribution in [2.75, 3.05) is 7.11 Å². The number of aromatic hydroxyl groups is 2. The molecule has 0 spiro atoms. The lowest BCUT2D eigenvalue weighted by Gasteiger charge is -2.45. The molecule has 1 fully saturated rings. The molecular weight excluding hydrogens is 504 g/mol. The number of ether oxygens (including phenoxy) is 3. The lowest BCUT2D eigenvalue weighted by molar-refractivity contribution is -0.317. The minimum atomic E-state index is -2.27. The van der Waals surface area contributed by atoms with Gasteiger partial charge in [-0.15, -0.1) is 0 Å². The number of hydrogen-bond acceptors (Lipinski definition) is 12. The molecule has 1 heterocycles. The van der Waals surface area contributed by atoms with Gasteiger partial charge in [0, 0.05) is 29.4 Å². The molecule has 202 valence electrons. The van der Waals surface area contributed by atoms with Crippen molar-refractivity contribution in [2.24, 2.45) is 0 Å². The molecule has 0 bridgehead atoms. The Morgan fingerprint density at radius 2 is 1.61 bits per heavy atom. The summed E-state index contributed by atoms with van der Waals surface area (Å²) in [5, 5.41) is 63.6. The van der Waals surface area contributed by atoms with Crippen LogP contribution in [-0.4, -0.2) is 97.5 Å². The van der Waals surface area contributed by atoms with Crippen molar-refractivity contribution in [3.05, 3.63) is 57.6 Å². The van der Waals surface area contributed by atoms with Crippen molar-refractivity contribution in [3.8, 4) is 11.5 Å². The monoisotopic (exact) mass is 530 g/mol. The predicted molar refractivity (Wildman–Crippen MR) is 125 cm³/mol. The Hall–Kier alpha value is -3.23. The number of aliphatic hydroxyl groups excluding tert-OH is 3. The number of rotatable bonds is 3. The molecule has 2 aliphatic carbocycles. The highest BCUT2D eigenvalue weighted by atomic mass is 16.7. The summed E-state index contributed by atoms with van der Waals surface area (Å²) in [5.41, 5.74) is -4.19. The Kier molecular flexibility index (Phi) is 6.19. The first-order valence-electron chi connectivity index (χ1n) is 11.8. The third-order valence-electron chi connectivity index (χ3n) is 7.49. The number of methoxy groups -OCH3 is 1. The highest BCUT2D eigenvalue weighted by molar-refractivity contribution is 6.31. The van der Waals surface area contributed by atoms with E-state index in [4.69, 9.17) is 14.2 Å². The van der Waals surface area contributed by atoms with E-state index < -0.39 is 82.9 Å². The lowest BCUT2D eigenvalue weighted by atomic mass is 9.72. The molecule has 0 radical (unpaired) electrons. The van der Waals surface area contributed by atoms with Gasteiger partial charge in [0.05, 0.1) is 17.2 Å². The average molecular weight is 530 g/mol. The van der Waals surface area contributed by atoms with Crippen LogP contribution >= 0.6 is 0 Å². The van der Waals surface area contributed by atoms with E-state index in [1.165, 1.54) is 25.1 Å². The van der Waals surface area contributed by atoms with E-state index in [2.05, 4.69) is 0 Å². The van der Waals surface area contributed by atoms with Gasteiger partial charge in [0.1, 0.15) is 42.0 Å². The van der Waals surface area contributed by atoms with Crippen LogP contribution in [0.15, 0.2) is 24.3 Å². The first-order chi connectivity index (χ1) is 17.8. The summed E-state index contributed by atoms with van der Waals surface area (Å²) in [6, 6.07) is 4.96. The number of Topliss-reactive ketones (excluding diaryl/α,β-unsaturated/α-hetero) is 1. The molecule has 0 unspecified atom stereocenters. The van der Waals surface area contributed by atoms with Crippen LogP contribution in [0.3, 0.4) is 0 Å². The Balaban J connectivity index is 1.71. The number of aliphatic hydroxyl groups is 4. The molecule has 2 aromatic rings. The summed E-state index contributed by atoms with van der Waals surface area (Å²) in [7, 11) is 1.16. The number of phenolic OH excluding ortho intramolecular Hbond substituents is 2.